The van der Waals surface area contributed by atoms with Crippen LogP contribution >= 0.6 is 15.9 Å². The number of nitrogens with zero attached hydrogens (tertiary/aromatic N) is 3. The van der Waals surface area contributed by atoms with Crippen LogP contribution < -0.4 is 0 Å². The van der Waals surface area contributed by atoms with E-state index in [4.69, 9.17) is 4.42 Å². The number of halogens is 1. The second-order valence-electron chi connectivity index (χ2n) is 3.08. The van der Waals surface area contributed by atoms with E-state index in [0.29, 0.717) is 16.1 Å². The molecule has 78 valence electrons. The minimum Gasteiger partial charge on any atom is -0.454 e. The highest BCUT2D eigenvalue weighted by Crippen LogP contribution is 2.15. The summed E-state index contributed by atoms with van der Waals surface area (Å²) in [6.45, 7) is 0. The third-order valence-electron chi connectivity index (χ3n) is 1.85. The summed E-state index contributed by atoms with van der Waals surface area (Å²) in [6, 6.07) is 3.50. The van der Waals surface area contributed by atoms with Crippen LogP contribution in [0, 0.1) is 0 Å². The summed E-state index contributed by atoms with van der Waals surface area (Å²) >= 11 is 3.17. The van der Waals surface area contributed by atoms with Crippen molar-refractivity contribution in [3.05, 3.63) is 34.5 Å². The lowest BCUT2D eigenvalue weighted by Gasteiger charge is -1.92. The maximum atomic E-state index is 11.6. The number of aryl methyl sites for hydroxylation is 1. The van der Waals surface area contributed by atoms with E-state index in [1.54, 1.807) is 25.4 Å². The van der Waals surface area contributed by atoms with Gasteiger partial charge in [0.1, 0.15) is 11.5 Å². The minimum atomic E-state index is -0.107. The van der Waals surface area contributed by atoms with Crippen LogP contribution in [0.1, 0.15) is 16.2 Å². The molecule has 2 rings (SSSR count). The summed E-state index contributed by atoms with van der Waals surface area (Å²) in [5, 5.41) is 7.42. The van der Waals surface area contributed by atoms with Crippen molar-refractivity contribution in [2.24, 2.45) is 7.05 Å². The van der Waals surface area contributed by atoms with Crippen molar-refractivity contribution < 1.29 is 9.21 Å². The molecule has 0 spiro atoms. The van der Waals surface area contributed by atoms with Gasteiger partial charge in [0.05, 0.1) is 12.6 Å². The number of furan rings is 1. The maximum absolute atomic E-state index is 11.6. The Morgan fingerprint density at radius 2 is 2.40 bits per heavy atom. The molecule has 0 aliphatic carbocycles. The highest BCUT2D eigenvalue weighted by atomic mass is 79.9. The number of Topliss-reactive ketones (excluding diaryl/α,β-unsaturated/α-hetero) is 1. The van der Waals surface area contributed by atoms with E-state index in [1.807, 2.05) is 0 Å². The minimum absolute atomic E-state index is 0.107. The molecule has 0 aromatic carbocycles. The van der Waals surface area contributed by atoms with Gasteiger partial charge in [0.2, 0.25) is 0 Å². The normalized spacial score (nSPS) is 10.5. The molecule has 15 heavy (non-hydrogen) atoms. The number of hydrogen-bond donors (Lipinski definition) is 0. The summed E-state index contributed by atoms with van der Waals surface area (Å²) in [4.78, 5) is 11.6. The van der Waals surface area contributed by atoms with Crippen LogP contribution in [0.4, 0.5) is 0 Å². The zero-order chi connectivity index (χ0) is 10.8. The molecule has 0 aliphatic heterocycles. The van der Waals surface area contributed by atoms with Gasteiger partial charge in [-0.2, -0.15) is 0 Å². The van der Waals surface area contributed by atoms with E-state index in [-0.39, 0.29) is 12.2 Å². The van der Waals surface area contributed by atoms with Gasteiger partial charge in [-0.05, 0) is 28.1 Å². The summed E-state index contributed by atoms with van der Waals surface area (Å²) in [6.07, 6.45) is 1.78. The van der Waals surface area contributed by atoms with E-state index in [2.05, 4.69) is 26.2 Å². The number of hydrogen-bond acceptors (Lipinski definition) is 4. The number of aromatic nitrogens is 3. The first-order chi connectivity index (χ1) is 7.15. The Labute approximate surface area is 94.2 Å². The summed E-state index contributed by atoms with van der Waals surface area (Å²) < 4.78 is 7.33. The average molecular weight is 270 g/mol. The van der Waals surface area contributed by atoms with Gasteiger partial charge < -0.3 is 4.42 Å². The van der Waals surface area contributed by atoms with E-state index in [1.165, 1.54) is 4.68 Å². The molecule has 0 saturated heterocycles. The lowest BCUT2D eigenvalue weighted by Crippen LogP contribution is -2.03. The molecule has 0 amide bonds. The molecule has 0 fully saturated rings. The lowest BCUT2D eigenvalue weighted by atomic mass is 10.2. The largest absolute Gasteiger partial charge is 0.454 e. The van der Waals surface area contributed by atoms with Crippen LogP contribution in [0.3, 0.4) is 0 Å². The topological polar surface area (TPSA) is 60.9 Å². The smallest absolute Gasteiger partial charge is 0.192 e. The quantitative estimate of drug-likeness (QED) is 0.795. The Kier molecular flexibility index (Phi) is 2.68. The molecule has 0 radical (unpaired) electrons. The van der Waals surface area contributed by atoms with Crippen LogP contribution in [-0.4, -0.2) is 20.8 Å². The fraction of sp³-hybridized carbons (Fsp3) is 0.222. The average Bonchev–Trinajstić information content (AvgIpc) is 2.75. The van der Waals surface area contributed by atoms with Crippen LogP contribution in [-0.2, 0) is 13.5 Å². The van der Waals surface area contributed by atoms with Gasteiger partial charge in [-0.25, -0.2) is 0 Å². The summed E-state index contributed by atoms with van der Waals surface area (Å²) in [5.74, 6) is 0.502. The third kappa shape index (κ3) is 2.33. The Balaban J connectivity index is 2.10. The lowest BCUT2D eigenvalue weighted by molar-refractivity contribution is 0.0982. The molecule has 5 nitrogen and oxygen atoms in total. The molecule has 2 aromatic rings. The van der Waals surface area contributed by atoms with Crippen molar-refractivity contribution in [1.29, 1.82) is 0 Å². The highest BCUT2D eigenvalue weighted by Gasteiger charge is 2.12. The molecule has 2 heterocycles. The van der Waals surface area contributed by atoms with Gasteiger partial charge in [-0.3, -0.25) is 9.48 Å². The third-order valence-corrected chi connectivity index (χ3v) is 2.28. The second-order valence-corrected chi connectivity index (χ2v) is 3.86. The molecule has 0 aliphatic rings. The van der Waals surface area contributed by atoms with Gasteiger partial charge in [-0.15, -0.1) is 5.10 Å². The highest BCUT2D eigenvalue weighted by molar-refractivity contribution is 9.10. The van der Waals surface area contributed by atoms with Gasteiger partial charge in [-0.1, -0.05) is 5.21 Å². The summed E-state index contributed by atoms with van der Waals surface area (Å²) in [7, 11) is 1.72. The zero-order valence-corrected chi connectivity index (χ0v) is 9.56. The SMILES string of the molecule is Cn1cc(C(=O)Cc2ccc(Br)o2)nn1. The monoisotopic (exact) mass is 269 g/mol. The van der Waals surface area contributed by atoms with Crippen molar-refractivity contribution in [3.8, 4) is 0 Å². The molecule has 0 saturated carbocycles. The molecule has 0 bridgehead atoms. The van der Waals surface area contributed by atoms with E-state index in [9.17, 15) is 4.79 Å². The number of rotatable bonds is 3. The van der Waals surface area contributed by atoms with E-state index < -0.39 is 0 Å². The van der Waals surface area contributed by atoms with Gasteiger partial charge in [0.15, 0.2) is 10.5 Å². The molecule has 0 unspecified atom stereocenters. The molecule has 0 atom stereocenters. The fourth-order valence-corrected chi connectivity index (χ4v) is 1.51. The maximum Gasteiger partial charge on any atom is 0.192 e. The molecular formula is C9H8BrN3O2. The van der Waals surface area contributed by atoms with Gasteiger partial charge >= 0.3 is 0 Å². The predicted molar refractivity (Wildman–Crippen MR) is 55.4 cm³/mol. The van der Waals surface area contributed by atoms with Gasteiger partial charge in [0, 0.05) is 7.05 Å². The molecular weight excluding hydrogens is 262 g/mol. The first kappa shape index (κ1) is 10.1. The standard InChI is InChI=1S/C9H8BrN3O2/c1-13-5-7(11-12-13)8(14)4-6-2-3-9(10)15-6/h2-3,5H,4H2,1H3. The van der Waals surface area contributed by atoms with Crippen LogP contribution in [0.15, 0.2) is 27.4 Å². The Hall–Kier alpha value is -1.43. The van der Waals surface area contributed by atoms with E-state index in [0.717, 1.165) is 0 Å². The Bertz CT molecular complexity index is 489. The number of ketones is 1. The Morgan fingerprint density at radius 1 is 1.60 bits per heavy atom. The first-order valence-electron chi connectivity index (χ1n) is 4.29. The fourth-order valence-electron chi connectivity index (χ4n) is 1.17. The first-order valence-corrected chi connectivity index (χ1v) is 5.08. The van der Waals surface area contributed by atoms with E-state index >= 15 is 0 Å². The predicted octanol–water partition coefficient (Wildman–Crippen LogP) is 1.60. The van der Waals surface area contributed by atoms with Gasteiger partial charge in [0.25, 0.3) is 0 Å². The molecule has 6 heteroatoms. The molecule has 2 aromatic heterocycles. The van der Waals surface area contributed by atoms with Crippen LogP contribution in [0.2, 0.25) is 0 Å². The second kappa shape index (κ2) is 3.98. The molecule has 0 N–H and O–H groups in total. The Morgan fingerprint density at radius 3 is 2.93 bits per heavy atom. The van der Waals surface area contributed by atoms with Crippen molar-refractivity contribution in [2.45, 2.75) is 6.42 Å². The van der Waals surface area contributed by atoms with Crippen LogP contribution in [0.5, 0.6) is 0 Å². The summed E-state index contributed by atoms with van der Waals surface area (Å²) in [5.41, 5.74) is 0.352. The van der Waals surface area contributed by atoms with Crippen molar-refractivity contribution in [3.63, 3.8) is 0 Å². The van der Waals surface area contributed by atoms with Crippen LogP contribution in [0.25, 0.3) is 0 Å². The number of carbonyl (C=O) groups is 1. The van der Waals surface area contributed by atoms with Crippen molar-refractivity contribution >= 4 is 21.7 Å². The van der Waals surface area contributed by atoms with Crippen molar-refractivity contribution in [2.75, 3.05) is 0 Å². The number of carbonyl (C=O) groups excluding carboxylic acids is 1. The zero-order valence-electron chi connectivity index (χ0n) is 7.98. The van der Waals surface area contributed by atoms with Crippen molar-refractivity contribution in [1.82, 2.24) is 15.0 Å².